The number of carbonyl (C=O) groups is 1. The van der Waals surface area contributed by atoms with Crippen LogP contribution >= 0.6 is 11.5 Å². The minimum Gasteiger partial charge on any atom is -0.343 e. The van der Waals surface area contributed by atoms with Crippen LogP contribution in [0.2, 0.25) is 0 Å². The van der Waals surface area contributed by atoms with Gasteiger partial charge in [-0.25, -0.2) is 4.98 Å². The summed E-state index contributed by atoms with van der Waals surface area (Å²) in [6.07, 6.45) is 0.741. The second-order valence-corrected chi connectivity index (χ2v) is 9.45. The first kappa shape index (κ1) is 22.3. The molecule has 4 aromatic rings. The van der Waals surface area contributed by atoms with Crippen LogP contribution in [0.5, 0.6) is 0 Å². The molecule has 5 nitrogen and oxygen atoms in total. The Labute approximate surface area is 204 Å². The summed E-state index contributed by atoms with van der Waals surface area (Å²) in [7, 11) is 0. The second-order valence-electron chi connectivity index (χ2n) is 8.72. The summed E-state index contributed by atoms with van der Waals surface area (Å²) in [4.78, 5) is 22.7. The molecule has 0 saturated carbocycles. The van der Waals surface area contributed by atoms with Crippen LogP contribution in [-0.2, 0) is 11.2 Å². The lowest BCUT2D eigenvalue weighted by Gasteiger charge is -2.36. The number of aryl methyl sites for hydroxylation is 1. The average Bonchev–Trinajstić information content (AvgIpc) is 3.35. The Balaban J connectivity index is 1.25. The topological polar surface area (TPSA) is 49.3 Å². The third-order valence-electron chi connectivity index (χ3n) is 6.31. The van der Waals surface area contributed by atoms with Crippen molar-refractivity contribution in [3.05, 3.63) is 113 Å². The normalized spacial score (nSPS) is 13.9. The van der Waals surface area contributed by atoms with E-state index in [0.717, 1.165) is 41.6 Å². The number of piperazine rings is 1. The van der Waals surface area contributed by atoms with Gasteiger partial charge in [-0.2, -0.15) is 4.37 Å². The largest absolute Gasteiger partial charge is 0.343 e. The van der Waals surface area contributed by atoms with Crippen LogP contribution < -0.4 is 4.90 Å². The summed E-state index contributed by atoms with van der Waals surface area (Å²) in [5, 5.41) is 0.942. The molecule has 6 heteroatoms. The van der Waals surface area contributed by atoms with Gasteiger partial charge in [0.05, 0.1) is 5.92 Å². The van der Waals surface area contributed by atoms with Crippen molar-refractivity contribution in [3.63, 3.8) is 0 Å². The number of hydrogen-bond donors (Lipinski definition) is 0. The number of aromatic nitrogens is 2. The van der Waals surface area contributed by atoms with Crippen molar-refractivity contribution in [1.82, 2.24) is 14.3 Å². The van der Waals surface area contributed by atoms with E-state index in [2.05, 4.69) is 40.5 Å². The Morgan fingerprint density at radius 2 is 1.44 bits per heavy atom. The van der Waals surface area contributed by atoms with E-state index in [-0.39, 0.29) is 11.8 Å². The smallest absolute Gasteiger partial charge is 0.234 e. The summed E-state index contributed by atoms with van der Waals surface area (Å²) < 4.78 is 4.58. The van der Waals surface area contributed by atoms with E-state index in [1.54, 1.807) is 0 Å². The van der Waals surface area contributed by atoms with Crippen LogP contribution in [-0.4, -0.2) is 46.3 Å². The fraction of sp³-hybridized carbons (Fsp3) is 0.250. The molecule has 0 bridgehead atoms. The Kier molecular flexibility index (Phi) is 6.67. The van der Waals surface area contributed by atoms with Gasteiger partial charge < -0.3 is 9.80 Å². The number of carbonyl (C=O) groups excluding carboxylic acids is 1. The van der Waals surface area contributed by atoms with Crippen molar-refractivity contribution in [2.24, 2.45) is 0 Å². The number of benzene rings is 3. The molecule has 0 N–H and O–H groups in total. The van der Waals surface area contributed by atoms with Crippen LogP contribution in [0, 0.1) is 6.92 Å². The van der Waals surface area contributed by atoms with Gasteiger partial charge in [-0.05, 0) is 23.6 Å². The molecule has 0 atom stereocenters. The van der Waals surface area contributed by atoms with Gasteiger partial charge >= 0.3 is 0 Å². The van der Waals surface area contributed by atoms with Crippen molar-refractivity contribution in [2.45, 2.75) is 19.3 Å². The van der Waals surface area contributed by atoms with E-state index in [0.29, 0.717) is 13.1 Å². The van der Waals surface area contributed by atoms with Crippen molar-refractivity contribution in [3.8, 4) is 0 Å². The predicted octanol–water partition coefficient (Wildman–Crippen LogP) is 4.92. The highest BCUT2D eigenvalue weighted by Crippen LogP contribution is 2.28. The highest BCUT2D eigenvalue weighted by atomic mass is 32.1. The van der Waals surface area contributed by atoms with Gasteiger partial charge in [-0.3, -0.25) is 4.79 Å². The van der Waals surface area contributed by atoms with Crippen LogP contribution in [0.3, 0.4) is 0 Å². The molecule has 34 heavy (non-hydrogen) atoms. The van der Waals surface area contributed by atoms with Gasteiger partial charge in [0, 0.05) is 44.1 Å². The van der Waals surface area contributed by atoms with Gasteiger partial charge in [0.1, 0.15) is 5.82 Å². The zero-order chi connectivity index (χ0) is 23.3. The van der Waals surface area contributed by atoms with Gasteiger partial charge in [0.15, 0.2) is 0 Å². The Morgan fingerprint density at radius 3 is 2.03 bits per heavy atom. The van der Waals surface area contributed by atoms with Crippen molar-refractivity contribution >= 4 is 22.6 Å². The van der Waals surface area contributed by atoms with Crippen molar-refractivity contribution < 1.29 is 4.79 Å². The maximum atomic E-state index is 13.7. The van der Waals surface area contributed by atoms with E-state index < -0.39 is 0 Å². The molecule has 1 amide bonds. The van der Waals surface area contributed by atoms with E-state index >= 15 is 0 Å². The number of hydrogen-bond acceptors (Lipinski definition) is 5. The molecule has 1 aromatic heterocycles. The monoisotopic (exact) mass is 468 g/mol. The summed E-state index contributed by atoms with van der Waals surface area (Å²) in [5.41, 5.74) is 4.54. The fourth-order valence-electron chi connectivity index (χ4n) is 4.40. The SMILES string of the molecule is Cc1ccc(Cc2nsc(N3CCN(C(=O)C(c4ccccc4)c4ccccc4)CC3)n2)cc1. The van der Waals surface area contributed by atoms with E-state index in [1.807, 2.05) is 65.6 Å². The lowest BCUT2D eigenvalue weighted by atomic mass is 9.90. The second kappa shape index (κ2) is 10.2. The zero-order valence-corrected chi connectivity index (χ0v) is 20.1. The molecule has 3 aromatic carbocycles. The molecule has 172 valence electrons. The first-order valence-corrected chi connectivity index (χ1v) is 12.5. The van der Waals surface area contributed by atoms with Gasteiger partial charge in [-0.15, -0.1) is 0 Å². The predicted molar refractivity (Wildman–Crippen MR) is 137 cm³/mol. The number of amides is 1. The van der Waals surface area contributed by atoms with Crippen LogP contribution in [0.25, 0.3) is 0 Å². The standard InChI is InChI=1S/C28H28N4OS/c1-21-12-14-22(15-13-21)20-25-29-28(34-30-25)32-18-16-31(17-19-32)27(33)26(23-8-4-2-5-9-23)24-10-6-3-7-11-24/h2-15,26H,16-20H2,1H3. The highest BCUT2D eigenvalue weighted by molar-refractivity contribution is 7.09. The first-order chi connectivity index (χ1) is 16.7. The fourth-order valence-corrected chi connectivity index (χ4v) is 5.14. The molecule has 1 saturated heterocycles. The Hall–Kier alpha value is -3.51. The molecular weight excluding hydrogens is 440 g/mol. The Bertz CT molecular complexity index is 1180. The van der Waals surface area contributed by atoms with Crippen molar-refractivity contribution in [2.75, 3.05) is 31.1 Å². The summed E-state index contributed by atoms with van der Waals surface area (Å²) in [6, 6.07) is 28.7. The lowest BCUT2D eigenvalue weighted by Crippen LogP contribution is -2.50. The molecule has 5 rings (SSSR count). The van der Waals surface area contributed by atoms with E-state index in [4.69, 9.17) is 4.98 Å². The minimum absolute atomic E-state index is 0.161. The highest BCUT2D eigenvalue weighted by Gasteiger charge is 2.30. The molecule has 0 aliphatic carbocycles. The third-order valence-corrected chi connectivity index (χ3v) is 7.13. The average molecular weight is 469 g/mol. The molecule has 0 unspecified atom stereocenters. The summed E-state index contributed by atoms with van der Waals surface area (Å²) >= 11 is 1.45. The van der Waals surface area contributed by atoms with Gasteiger partial charge in [-0.1, -0.05) is 90.5 Å². The number of nitrogens with zero attached hydrogens (tertiary/aromatic N) is 4. The van der Waals surface area contributed by atoms with Crippen LogP contribution in [0.1, 0.15) is 34.0 Å². The maximum absolute atomic E-state index is 13.7. The number of rotatable bonds is 6. The summed E-state index contributed by atoms with van der Waals surface area (Å²) in [6.45, 7) is 4.99. The molecule has 0 spiro atoms. The molecule has 1 aliphatic rings. The number of anilines is 1. The van der Waals surface area contributed by atoms with E-state index in [9.17, 15) is 4.79 Å². The van der Waals surface area contributed by atoms with Gasteiger partial charge in [0.25, 0.3) is 0 Å². The lowest BCUT2D eigenvalue weighted by molar-refractivity contribution is -0.132. The quantitative estimate of drug-likeness (QED) is 0.403. The first-order valence-electron chi connectivity index (χ1n) is 11.7. The Morgan fingerprint density at radius 1 is 0.853 bits per heavy atom. The molecule has 1 fully saturated rings. The van der Waals surface area contributed by atoms with Crippen molar-refractivity contribution in [1.29, 1.82) is 0 Å². The van der Waals surface area contributed by atoms with Crippen LogP contribution in [0.15, 0.2) is 84.9 Å². The van der Waals surface area contributed by atoms with Crippen LogP contribution in [0.4, 0.5) is 5.13 Å². The zero-order valence-electron chi connectivity index (χ0n) is 19.3. The molecule has 2 heterocycles. The molecular formula is C28H28N4OS. The maximum Gasteiger partial charge on any atom is 0.234 e. The third kappa shape index (κ3) is 5.02. The molecule has 0 radical (unpaired) electrons. The van der Waals surface area contributed by atoms with Gasteiger partial charge in [0.2, 0.25) is 11.0 Å². The summed E-state index contributed by atoms with van der Waals surface area (Å²) in [5.74, 6) is 0.738. The molecule has 1 aliphatic heterocycles. The minimum atomic E-state index is -0.281. The van der Waals surface area contributed by atoms with E-state index in [1.165, 1.54) is 22.7 Å².